The third kappa shape index (κ3) is 2.72. The van der Waals surface area contributed by atoms with Crippen molar-refractivity contribution in [2.75, 3.05) is 13.1 Å². The van der Waals surface area contributed by atoms with Gasteiger partial charge in [-0.05, 0) is 25.8 Å². The highest BCUT2D eigenvalue weighted by atomic mass is 16.2. The fraction of sp³-hybridized carbons (Fsp3) is 0.625. The number of nitrogens with zero attached hydrogens (tertiary/aromatic N) is 1. The molecular weight excluding hydrogens is 140 g/mol. The van der Waals surface area contributed by atoms with E-state index in [2.05, 4.69) is 5.43 Å². The lowest BCUT2D eigenvalue weighted by Crippen LogP contribution is -2.38. The van der Waals surface area contributed by atoms with Crippen LogP contribution in [0.4, 0.5) is 0 Å². The minimum absolute atomic E-state index is 0.0191. The van der Waals surface area contributed by atoms with Crippen LogP contribution < -0.4 is 5.43 Å². The predicted octanol–water partition coefficient (Wildman–Crippen LogP) is 0.690. The molecule has 1 heterocycles. The number of hydrazine groups is 1. The molecule has 0 radical (unpaired) electrons. The molecule has 1 N–H and O–H groups in total. The first-order valence-electron chi connectivity index (χ1n) is 4.01. The van der Waals surface area contributed by atoms with E-state index in [0.717, 1.165) is 13.1 Å². The molecule has 0 aromatic heterocycles. The summed E-state index contributed by atoms with van der Waals surface area (Å²) in [7, 11) is 0. The van der Waals surface area contributed by atoms with Gasteiger partial charge in [0.05, 0.1) is 0 Å². The third-order valence-electron chi connectivity index (χ3n) is 1.69. The minimum atomic E-state index is -0.0191. The summed E-state index contributed by atoms with van der Waals surface area (Å²) in [6, 6.07) is 0. The Kier molecular flexibility index (Phi) is 3.11. The lowest BCUT2D eigenvalue weighted by molar-refractivity contribution is -0.120. The maximum atomic E-state index is 11.0. The number of allylic oxidation sites excluding steroid dienone is 1. The highest BCUT2D eigenvalue weighted by Gasteiger charge is 2.11. The van der Waals surface area contributed by atoms with Crippen LogP contribution >= 0.6 is 0 Å². The van der Waals surface area contributed by atoms with Crippen molar-refractivity contribution in [3.8, 4) is 0 Å². The van der Waals surface area contributed by atoms with E-state index in [0.29, 0.717) is 0 Å². The van der Waals surface area contributed by atoms with Gasteiger partial charge < -0.3 is 0 Å². The molecule has 1 rings (SSSR count). The van der Waals surface area contributed by atoms with Crippen LogP contribution in [-0.2, 0) is 4.79 Å². The first-order chi connectivity index (χ1) is 5.33. The van der Waals surface area contributed by atoms with Crippen LogP contribution in [0.15, 0.2) is 12.2 Å². The zero-order valence-corrected chi connectivity index (χ0v) is 6.84. The Bertz CT molecular complexity index is 159. The molecule has 0 bridgehead atoms. The van der Waals surface area contributed by atoms with Crippen molar-refractivity contribution >= 4 is 5.91 Å². The van der Waals surface area contributed by atoms with Crippen molar-refractivity contribution in [2.45, 2.75) is 19.8 Å². The third-order valence-corrected chi connectivity index (χ3v) is 1.69. The van der Waals surface area contributed by atoms with Gasteiger partial charge in [0.1, 0.15) is 0 Å². The predicted molar refractivity (Wildman–Crippen MR) is 43.8 cm³/mol. The van der Waals surface area contributed by atoms with Gasteiger partial charge in [0, 0.05) is 13.1 Å². The van der Waals surface area contributed by atoms with Gasteiger partial charge in [-0.15, -0.1) is 0 Å². The minimum Gasteiger partial charge on any atom is -0.285 e. The van der Waals surface area contributed by atoms with E-state index in [1.54, 1.807) is 12.2 Å². The van der Waals surface area contributed by atoms with Crippen LogP contribution in [0, 0.1) is 0 Å². The molecule has 1 fully saturated rings. The SMILES string of the molecule is CC=CC(=O)NN1CCCC1. The second-order valence-corrected chi connectivity index (χ2v) is 2.67. The second-order valence-electron chi connectivity index (χ2n) is 2.67. The number of nitrogens with one attached hydrogen (secondary N) is 1. The molecule has 1 aliphatic rings. The fourth-order valence-corrected chi connectivity index (χ4v) is 1.17. The number of carbonyl (C=O) groups excluding carboxylic acids is 1. The van der Waals surface area contributed by atoms with E-state index in [1.165, 1.54) is 12.8 Å². The second kappa shape index (κ2) is 4.13. The molecular formula is C8H14N2O. The molecule has 0 spiro atoms. The Balaban J connectivity index is 2.23. The van der Waals surface area contributed by atoms with Crippen molar-refractivity contribution in [1.29, 1.82) is 0 Å². The summed E-state index contributed by atoms with van der Waals surface area (Å²) in [5.74, 6) is -0.0191. The van der Waals surface area contributed by atoms with E-state index in [9.17, 15) is 4.79 Å². The average Bonchev–Trinajstić information content (AvgIpc) is 2.40. The highest BCUT2D eigenvalue weighted by Crippen LogP contribution is 2.03. The average molecular weight is 154 g/mol. The maximum Gasteiger partial charge on any atom is 0.257 e. The van der Waals surface area contributed by atoms with Gasteiger partial charge in [0.2, 0.25) is 0 Å². The smallest absolute Gasteiger partial charge is 0.257 e. The standard InChI is InChI=1S/C8H14N2O/c1-2-5-8(11)9-10-6-3-4-7-10/h2,5H,3-4,6-7H2,1H3,(H,9,11). The number of rotatable bonds is 2. The number of hydrogen-bond donors (Lipinski definition) is 1. The zero-order chi connectivity index (χ0) is 8.10. The van der Waals surface area contributed by atoms with Crippen molar-refractivity contribution in [1.82, 2.24) is 10.4 Å². The van der Waals surface area contributed by atoms with Gasteiger partial charge in [-0.1, -0.05) is 6.08 Å². The number of carbonyl (C=O) groups is 1. The van der Waals surface area contributed by atoms with Crippen molar-refractivity contribution in [3.63, 3.8) is 0 Å². The lowest BCUT2D eigenvalue weighted by Gasteiger charge is -2.13. The van der Waals surface area contributed by atoms with Crippen molar-refractivity contribution in [2.24, 2.45) is 0 Å². The molecule has 62 valence electrons. The quantitative estimate of drug-likeness (QED) is 0.593. The van der Waals surface area contributed by atoms with Crippen LogP contribution in [0.1, 0.15) is 19.8 Å². The van der Waals surface area contributed by atoms with Crippen molar-refractivity contribution < 1.29 is 4.79 Å². The van der Waals surface area contributed by atoms with Gasteiger partial charge in [0.15, 0.2) is 0 Å². The molecule has 3 heteroatoms. The zero-order valence-electron chi connectivity index (χ0n) is 6.84. The highest BCUT2D eigenvalue weighted by molar-refractivity contribution is 5.86. The molecule has 0 aliphatic carbocycles. The monoisotopic (exact) mass is 154 g/mol. The Labute approximate surface area is 67.0 Å². The molecule has 0 saturated carbocycles. The van der Waals surface area contributed by atoms with E-state index in [1.807, 2.05) is 11.9 Å². The molecule has 3 nitrogen and oxygen atoms in total. The summed E-state index contributed by atoms with van der Waals surface area (Å²) in [6.07, 6.45) is 5.66. The maximum absolute atomic E-state index is 11.0. The Morgan fingerprint density at radius 3 is 2.64 bits per heavy atom. The summed E-state index contributed by atoms with van der Waals surface area (Å²) >= 11 is 0. The van der Waals surface area contributed by atoms with Crippen LogP contribution in [0.2, 0.25) is 0 Å². The van der Waals surface area contributed by atoms with Crippen LogP contribution in [0.3, 0.4) is 0 Å². The molecule has 0 aromatic carbocycles. The largest absolute Gasteiger partial charge is 0.285 e. The first-order valence-corrected chi connectivity index (χ1v) is 4.01. The molecule has 1 amide bonds. The van der Waals surface area contributed by atoms with Gasteiger partial charge >= 0.3 is 0 Å². The van der Waals surface area contributed by atoms with Crippen LogP contribution in [0.25, 0.3) is 0 Å². The van der Waals surface area contributed by atoms with Crippen LogP contribution in [-0.4, -0.2) is 24.0 Å². The summed E-state index contributed by atoms with van der Waals surface area (Å²) in [5.41, 5.74) is 2.79. The first kappa shape index (κ1) is 8.27. The number of hydrogen-bond acceptors (Lipinski definition) is 2. The van der Waals surface area contributed by atoms with E-state index in [-0.39, 0.29) is 5.91 Å². The van der Waals surface area contributed by atoms with Gasteiger partial charge in [-0.2, -0.15) is 0 Å². The molecule has 1 aliphatic heterocycles. The summed E-state index contributed by atoms with van der Waals surface area (Å²) in [5, 5.41) is 1.96. The Morgan fingerprint density at radius 1 is 1.45 bits per heavy atom. The Hall–Kier alpha value is -0.830. The van der Waals surface area contributed by atoms with Gasteiger partial charge in [-0.3, -0.25) is 10.2 Å². The van der Waals surface area contributed by atoms with Crippen molar-refractivity contribution in [3.05, 3.63) is 12.2 Å². The molecule has 1 saturated heterocycles. The van der Waals surface area contributed by atoms with E-state index in [4.69, 9.17) is 0 Å². The summed E-state index contributed by atoms with van der Waals surface area (Å²) in [6.45, 7) is 3.82. The summed E-state index contributed by atoms with van der Waals surface area (Å²) in [4.78, 5) is 11.0. The molecule has 0 unspecified atom stereocenters. The lowest BCUT2D eigenvalue weighted by atomic mass is 10.4. The number of amides is 1. The molecule has 0 aromatic rings. The van der Waals surface area contributed by atoms with Gasteiger partial charge in [-0.25, -0.2) is 5.01 Å². The molecule has 11 heavy (non-hydrogen) atoms. The topological polar surface area (TPSA) is 32.3 Å². The van der Waals surface area contributed by atoms with E-state index < -0.39 is 0 Å². The van der Waals surface area contributed by atoms with E-state index >= 15 is 0 Å². The normalized spacial score (nSPS) is 19.4. The van der Waals surface area contributed by atoms with Gasteiger partial charge in [0.25, 0.3) is 5.91 Å². The fourth-order valence-electron chi connectivity index (χ4n) is 1.17. The Morgan fingerprint density at radius 2 is 2.09 bits per heavy atom. The molecule has 0 atom stereocenters. The van der Waals surface area contributed by atoms with Crippen LogP contribution in [0.5, 0.6) is 0 Å². The summed E-state index contributed by atoms with van der Waals surface area (Å²) < 4.78 is 0.